The van der Waals surface area contributed by atoms with Gasteiger partial charge in [-0.05, 0) is 25.8 Å². The molecule has 0 aliphatic heterocycles. The average molecular weight is 177 g/mol. The van der Waals surface area contributed by atoms with Crippen LogP contribution in [-0.2, 0) is 6.42 Å². The minimum atomic E-state index is 0.182. The van der Waals surface area contributed by atoms with Crippen molar-refractivity contribution >= 4 is 0 Å². The second-order valence-corrected chi connectivity index (χ2v) is 3.86. The van der Waals surface area contributed by atoms with Crippen molar-refractivity contribution in [1.82, 2.24) is 9.97 Å². The van der Waals surface area contributed by atoms with Crippen molar-refractivity contribution in [3.05, 3.63) is 23.8 Å². The highest BCUT2D eigenvalue weighted by Gasteiger charge is 2.26. The Kier molecular flexibility index (Phi) is 2.27. The third kappa shape index (κ3) is 2.25. The Bertz CT molecular complexity index is 292. The summed E-state index contributed by atoms with van der Waals surface area (Å²) in [4.78, 5) is 8.74. The number of nitrogens with zero attached hydrogens (tertiary/aromatic N) is 2. The van der Waals surface area contributed by atoms with Crippen molar-refractivity contribution in [3.63, 3.8) is 0 Å². The summed E-state index contributed by atoms with van der Waals surface area (Å²) in [6, 6.07) is 2.14. The Balaban J connectivity index is 2.12. The van der Waals surface area contributed by atoms with Gasteiger partial charge in [0.25, 0.3) is 0 Å². The summed E-state index contributed by atoms with van der Waals surface area (Å²) in [5.41, 5.74) is 6.78. The van der Waals surface area contributed by atoms with E-state index in [-0.39, 0.29) is 6.04 Å². The summed E-state index contributed by atoms with van der Waals surface area (Å²) in [5, 5.41) is 0. The molecule has 70 valence electrons. The first kappa shape index (κ1) is 8.63. The molecule has 1 aliphatic rings. The molecular formula is C10H15N3. The van der Waals surface area contributed by atoms with Crippen LogP contribution in [0.1, 0.15) is 37.2 Å². The lowest BCUT2D eigenvalue weighted by Gasteiger charge is -2.04. The van der Waals surface area contributed by atoms with E-state index >= 15 is 0 Å². The molecule has 1 aromatic heterocycles. The van der Waals surface area contributed by atoms with E-state index in [1.807, 2.05) is 19.2 Å². The first-order valence-corrected chi connectivity index (χ1v) is 4.83. The second kappa shape index (κ2) is 3.42. The largest absolute Gasteiger partial charge is 0.328 e. The van der Waals surface area contributed by atoms with Crippen LogP contribution in [0.3, 0.4) is 0 Å². The van der Waals surface area contributed by atoms with Crippen LogP contribution in [0.15, 0.2) is 12.3 Å². The number of hydrogen-bond donors (Lipinski definition) is 1. The van der Waals surface area contributed by atoms with E-state index in [9.17, 15) is 0 Å². The second-order valence-electron chi connectivity index (χ2n) is 3.86. The van der Waals surface area contributed by atoms with Gasteiger partial charge in [-0.15, -0.1) is 0 Å². The molecule has 13 heavy (non-hydrogen) atoms. The van der Waals surface area contributed by atoms with Crippen molar-refractivity contribution < 1.29 is 0 Å². The standard InChI is InChI=1S/C10H15N3/c1-7(11)6-9-4-5-12-10(13-9)8-2-3-8/h4-5,7-8H,2-3,6,11H2,1H3. The maximum absolute atomic E-state index is 5.71. The predicted octanol–water partition coefficient (Wildman–Crippen LogP) is 1.24. The minimum Gasteiger partial charge on any atom is -0.328 e. The van der Waals surface area contributed by atoms with Crippen LogP contribution in [0.2, 0.25) is 0 Å². The van der Waals surface area contributed by atoms with Gasteiger partial charge in [-0.3, -0.25) is 0 Å². The van der Waals surface area contributed by atoms with Crippen LogP contribution in [0.25, 0.3) is 0 Å². The molecule has 1 saturated carbocycles. The quantitative estimate of drug-likeness (QED) is 0.755. The molecule has 1 aliphatic carbocycles. The normalized spacial score (nSPS) is 18.6. The van der Waals surface area contributed by atoms with Crippen LogP contribution in [-0.4, -0.2) is 16.0 Å². The Hall–Kier alpha value is -0.960. The van der Waals surface area contributed by atoms with Crippen molar-refractivity contribution in [2.75, 3.05) is 0 Å². The maximum atomic E-state index is 5.71. The zero-order valence-electron chi connectivity index (χ0n) is 7.90. The third-order valence-corrected chi connectivity index (χ3v) is 2.21. The van der Waals surface area contributed by atoms with E-state index in [1.165, 1.54) is 12.8 Å². The molecule has 0 amide bonds. The lowest BCUT2D eigenvalue weighted by atomic mass is 10.2. The SMILES string of the molecule is CC(N)Cc1ccnc(C2CC2)n1. The molecule has 2 rings (SSSR count). The summed E-state index contributed by atoms with van der Waals surface area (Å²) < 4.78 is 0. The van der Waals surface area contributed by atoms with E-state index < -0.39 is 0 Å². The molecule has 1 atom stereocenters. The molecule has 0 radical (unpaired) electrons. The van der Waals surface area contributed by atoms with E-state index in [2.05, 4.69) is 9.97 Å². The highest BCUT2D eigenvalue weighted by Crippen LogP contribution is 2.37. The molecule has 0 spiro atoms. The molecule has 1 aromatic rings. The maximum Gasteiger partial charge on any atom is 0.131 e. The lowest BCUT2D eigenvalue weighted by molar-refractivity contribution is 0.711. The van der Waals surface area contributed by atoms with Crippen LogP contribution >= 0.6 is 0 Å². The van der Waals surface area contributed by atoms with Crippen LogP contribution < -0.4 is 5.73 Å². The topological polar surface area (TPSA) is 51.8 Å². The van der Waals surface area contributed by atoms with E-state index in [4.69, 9.17) is 5.73 Å². The fourth-order valence-electron chi connectivity index (χ4n) is 1.39. The fraction of sp³-hybridized carbons (Fsp3) is 0.600. The van der Waals surface area contributed by atoms with Gasteiger partial charge in [0, 0.05) is 30.3 Å². The number of aromatic nitrogens is 2. The molecule has 1 unspecified atom stereocenters. The first-order chi connectivity index (χ1) is 6.25. The molecule has 0 aromatic carbocycles. The summed E-state index contributed by atoms with van der Waals surface area (Å²) in [7, 11) is 0. The Morgan fingerprint density at radius 2 is 2.38 bits per heavy atom. The number of rotatable bonds is 3. The third-order valence-electron chi connectivity index (χ3n) is 2.21. The Morgan fingerprint density at radius 1 is 1.62 bits per heavy atom. The van der Waals surface area contributed by atoms with Crippen molar-refractivity contribution in [2.24, 2.45) is 5.73 Å². The lowest BCUT2D eigenvalue weighted by Crippen LogP contribution is -2.18. The fourth-order valence-corrected chi connectivity index (χ4v) is 1.39. The van der Waals surface area contributed by atoms with Gasteiger partial charge in [0.05, 0.1) is 0 Å². The Morgan fingerprint density at radius 3 is 3.00 bits per heavy atom. The summed E-state index contributed by atoms with van der Waals surface area (Å²) in [6.07, 6.45) is 5.20. The number of hydrogen-bond acceptors (Lipinski definition) is 3. The molecular weight excluding hydrogens is 162 g/mol. The van der Waals surface area contributed by atoms with Gasteiger partial charge in [0.2, 0.25) is 0 Å². The van der Waals surface area contributed by atoms with E-state index in [0.29, 0.717) is 5.92 Å². The van der Waals surface area contributed by atoms with Gasteiger partial charge in [-0.1, -0.05) is 0 Å². The smallest absolute Gasteiger partial charge is 0.131 e. The Labute approximate surface area is 78.4 Å². The molecule has 0 bridgehead atoms. The minimum absolute atomic E-state index is 0.182. The highest BCUT2D eigenvalue weighted by molar-refractivity contribution is 5.10. The summed E-state index contributed by atoms with van der Waals surface area (Å²) in [6.45, 7) is 2.00. The van der Waals surface area contributed by atoms with Gasteiger partial charge in [0.1, 0.15) is 5.82 Å². The molecule has 0 saturated heterocycles. The van der Waals surface area contributed by atoms with Crippen LogP contribution in [0.5, 0.6) is 0 Å². The van der Waals surface area contributed by atoms with Gasteiger partial charge < -0.3 is 5.73 Å². The van der Waals surface area contributed by atoms with Crippen molar-refractivity contribution in [1.29, 1.82) is 0 Å². The van der Waals surface area contributed by atoms with Gasteiger partial charge in [-0.2, -0.15) is 0 Å². The van der Waals surface area contributed by atoms with Crippen LogP contribution in [0.4, 0.5) is 0 Å². The van der Waals surface area contributed by atoms with Gasteiger partial charge in [-0.25, -0.2) is 9.97 Å². The van der Waals surface area contributed by atoms with E-state index in [0.717, 1.165) is 17.9 Å². The zero-order chi connectivity index (χ0) is 9.26. The molecule has 1 fully saturated rings. The van der Waals surface area contributed by atoms with Crippen LogP contribution in [0, 0.1) is 0 Å². The highest BCUT2D eigenvalue weighted by atomic mass is 14.9. The summed E-state index contributed by atoms with van der Waals surface area (Å²) >= 11 is 0. The summed E-state index contributed by atoms with van der Waals surface area (Å²) in [5.74, 6) is 1.64. The zero-order valence-corrected chi connectivity index (χ0v) is 7.90. The monoisotopic (exact) mass is 177 g/mol. The van der Waals surface area contributed by atoms with Gasteiger partial charge in [0.15, 0.2) is 0 Å². The van der Waals surface area contributed by atoms with Gasteiger partial charge >= 0.3 is 0 Å². The molecule has 2 N–H and O–H groups in total. The average Bonchev–Trinajstić information content (AvgIpc) is 2.85. The van der Waals surface area contributed by atoms with Crippen molar-refractivity contribution in [2.45, 2.75) is 38.1 Å². The molecule has 1 heterocycles. The molecule has 3 nitrogen and oxygen atoms in total. The van der Waals surface area contributed by atoms with Crippen molar-refractivity contribution in [3.8, 4) is 0 Å². The van der Waals surface area contributed by atoms with E-state index in [1.54, 1.807) is 0 Å². The number of nitrogens with two attached hydrogens (primary N) is 1. The first-order valence-electron chi connectivity index (χ1n) is 4.83. The molecule has 3 heteroatoms. The predicted molar refractivity (Wildman–Crippen MR) is 51.4 cm³/mol.